The monoisotopic (exact) mass is 308 g/mol. The van der Waals surface area contributed by atoms with Gasteiger partial charge in [-0.25, -0.2) is 0 Å². The van der Waals surface area contributed by atoms with Gasteiger partial charge in [-0.3, -0.25) is 4.79 Å². The van der Waals surface area contributed by atoms with Crippen LogP contribution in [0.2, 0.25) is 0 Å². The van der Waals surface area contributed by atoms with E-state index in [1.807, 2.05) is 41.3 Å². The molecule has 2 aromatic rings. The Labute approximate surface area is 138 Å². The van der Waals surface area contributed by atoms with Crippen molar-refractivity contribution >= 4 is 5.91 Å². The van der Waals surface area contributed by atoms with Gasteiger partial charge < -0.3 is 10.6 Å². The highest BCUT2D eigenvalue weighted by molar-refractivity contribution is 5.77. The first-order chi connectivity index (χ1) is 11.2. The highest BCUT2D eigenvalue weighted by Crippen LogP contribution is 2.23. The number of nitrogens with two attached hydrogens (primary N) is 1. The highest BCUT2D eigenvalue weighted by Gasteiger charge is 2.27. The smallest absolute Gasteiger partial charge is 0.224 e. The number of carbonyl (C=O) groups is 1. The highest BCUT2D eigenvalue weighted by atomic mass is 16.2. The minimum Gasteiger partial charge on any atom is -0.342 e. The summed E-state index contributed by atoms with van der Waals surface area (Å²) in [5.74, 6) is 0.742. The van der Waals surface area contributed by atoms with E-state index < -0.39 is 0 Å². The zero-order chi connectivity index (χ0) is 16.1. The minimum atomic E-state index is -0.211. The van der Waals surface area contributed by atoms with Crippen LogP contribution in [0.1, 0.15) is 30.0 Å². The van der Waals surface area contributed by atoms with E-state index in [0.717, 1.165) is 31.5 Å². The molecule has 2 N–H and O–H groups in total. The van der Waals surface area contributed by atoms with Gasteiger partial charge in [0.2, 0.25) is 5.91 Å². The van der Waals surface area contributed by atoms with Crippen LogP contribution < -0.4 is 5.73 Å². The Morgan fingerprint density at radius 2 is 1.74 bits per heavy atom. The van der Waals surface area contributed by atoms with Crippen LogP contribution in [0.15, 0.2) is 60.7 Å². The predicted molar refractivity (Wildman–Crippen MR) is 92.8 cm³/mol. The van der Waals surface area contributed by atoms with Crippen LogP contribution in [0.25, 0.3) is 0 Å². The Balaban J connectivity index is 1.51. The van der Waals surface area contributed by atoms with Gasteiger partial charge in [-0.2, -0.15) is 0 Å². The lowest BCUT2D eigenvalue weighted by Gasteiger charge is -2.19. The lowest BCUT2D eigenvalue weighted by atomic mass is 9.99. The van der Waals surface area contributed by atoms with Gasteiger partial charge in [0.15, 0.2) is 0 Å². The maximum Gasteiger partial charge on any atom is 0.224 e. The molecule has 1 aliphatic heterocycles. The zero-order valence-electron chi connectivity index (χ0n) is 13.4. The molecular formula is C20H24N2O. The number of carbonyl (C=O) groups excluding carboxylic acids is 1. The van der Waals surface area contributed by atoms with Gasteiger partial charge in [0.1, 0.15) is 0 Å². The van der Waals surface area contributed by atoms with Crippen LogP contribution >= 0.6 is 0 Å². The maximum absolute atomic E-state index is 12.5. The van der Waals surface area contributed by atoms with E-state index in [-0.39, 0.29) is 11.9 Å². The second-order valence-corrected chi connectivity index (χ2v) is 6.41. The van der Waals surface area contributed by atoms with E-state index in [2.05, 4.69) is 24.3 Å². The lowest BCUT2D eigenvalue weighted by molar-refractivity contribution is -0.130. The fraction of sp³-hybridized carbons (Fsp3) is 0.350. The van der Waals surface area contributed by atoms with Crippen molar-refractivity contribution in [2.75, 3.05) is 13.1 Å². The van der Waals surface area contributed by atoms with E-state index in [4.69, 9.17) is 5.73 Å². The molecular weight excluding hydrogens is 284 g/mol. The van der Waals surface area contributed by atoms with Crippen LogP contribution in [0.5, 0.6) is 0 Å². The molecule has 0 saturated carbocycles. The topological polar surface area (TPSA) is 46.3 Å². The summed E-state index contributed by atoms with van der Waals surface area (Å²) in [5, 5.41) is 0. The number of benzene rings is 2. The maximum atomic E-state index is 12.5. The average molecular weight is 308 g/mol. The Bertz CT molecular complexity index is 627. The number of nitrogens with zero attached hydrogens (tertiary/aromatic N) is 1. The summed E-state index contributed by atoms with van der Waals surface area (Å²) in [5.41, 5.74) is 8.56. The van der Waals surface area contributed by atoms with Crippen molar-refractivity contribution in [3.63, 3.8) is 0 Å². The van der Waals surface area contributed by atoms with Crippen molar-refractivity contribution in [2.45, 2.75) is 25.3 Å². The van der Waals surface area contributed by atoms with E-state index in [9.17, 15) is 4.79 Å². The fourth-order valence-electron chi connectivity index (χ4n) is 3.31. The van der Waals surface area contributed by atoms with Crippen LogP contribution in [-0.4, -0.2) is 23.9 Å². The van der Waals surface area contributed by atoms with Crippen molar-refractivity contribution < 1.29 is 4.79 Å². The molecule has 3 heteroatoms. The van der Waals surface area contributed by atoms with Gasteiger partial charge in [-0.1, -0.05) is 60.7 Å². The molecule has 1 fully saturated rings. The third-order valence-corrected chi connectivity index (χ3v) is 4.63. The second-order valence-electron chi connectivity index (χ2n) is 6.41. The standard InChI is InChI=1S/C20H24N2O/c21-19(18-9-5-2-6-10-18)14-20(23)22-12-11-17(15-22)13-16-7-3-1-4-8-16/h1-10,17,19H,11-15,21H2. The molecule has 0 radical (unpaired) electrons. The lowest BCUT2D eigenvalue weighted by Crippen LogP contribution is -2.31. The van der Waals surface area contributed by atoms with E-state index >= 15 is 0 Å². The molecule has 2 aromatic carbocycles. The first-order valence-electron chi connectivity index (χ1n) is 8.34. The first kappa shape index (κ1) is 15.8. The number of hydrogen-bond acceptors (Lipinski definition) is 2. The molecule has 1 amide bonds. The second kappa shape index (κ2) is 7.42. The zero-order valence-corrected chi connectivity index (χ0v) is 13.4. The molecule has 2 unspecified atom stereocenters. The molecule has 1 saturated heterocycles. The van der Waals surface area contributed by atoms with Crippen molar-refractivity contribution in [1.82, 2.24) is 4.90 Å². The third kappa shape index (κ3) is 4.20. The number of hydrogen-bond donors (Lipinski definition) is 1. The SMILES string of the molecule is NC(CC(=O)N1CCC(Cc2ccccc2)C1)c1ccccc1. The molecule has 23 heavy (non-hydrogen) atoms. The number of likely N-dealkylation sites (tertiary alicyclic amines) is 1. The summed E-state index contributed by atoms with van der Waals surface area (Å²) < 4.78 is 0. The minimum absolute atomic E-state index is 0.178. The van der Waals surface area contributed by atoms with Gasteiger partial charge in [-0.15, -0.1) is 0 Å². The van der Waals surface area contributed by atoms with Gasteiger partial charge >= 0.3 is 0 Å². The van der Waals surface area contributed by atoms with Crippen LogP contribution in [-0.2, 0) is 11.2 Å². The molecule has 0 spiro atoms. The van der Waals surface area contributed by atoms with Crippen LogP contribution in [0, 0.1) is 5.92 Å². The van der Waals surface area contributed by atoms with Crippen molar-refractivity contribution in [2.24, 2.45) is 11.7 Å². The average Bonchev–Trinajstić information content (AvgIpc) is 3.05. The van der Waals surface area contributed by atoms with Gasteiger partial charge in [0.25, 0.3) is 0 Å². The van der Waals surface area contributed by atoms with Gasteiger partial charge in [0, 0.05) is 25.6 Å². The molecule has 2 atom stereocenters. The van der Waals surface area contributed by atoms with E-state index in [0.29, 0.717) is 12.3 Å². The molecule has 0 bridgehead atoms. The Kier molecular flexibility index (Phi) is 5.09. The number of rotatable bonds is 5. The quantitative estimate of drug-likeness (QED) is 0.922. The summed E-state index contributed by atoms with van der Waals surface area (Å²) in [6, 6.07) is 20.2. The molecule has 3 nitrogen and oxygen atoms in total. The summed E-state index contributed by atoms with van der Waals surface area (Å²) >= 11 is 0. The molecule has 0 aromatic heterocycles. The Morgan fingerprint density at radius 1 is 1.09 bits per heavy atom. The molecule has 1 aliphatic rings. The summed E-state index contributed by atoms with van der Waals surface area (Å²) in [7, 11) is 0. The van der Waals surface area contributed by atoms with Crippen LogP contribution in [0.4, 0.5) is 0 Å². The molecule has 0 aliphatic carbocycles. The number of amides is 1. The van der Waals surface area contributed by atoms with E-state index in [1.165, 1.54) is 5.56 Å². The Hall–Kier alpha value is -2.13. The third-order valence-electron chi connectivity index (χ3n) is 4.63. The summed E-state index contributed by atoms with van der Waals surface area (Å²) in [4.78, 5) is 14.5. The largest absolute Gasteiger partial charge is 0.342 e. The summed E-state index contributed by atoms with van der Waals surface area (Å²) in [6.07, 6.45) is 2.53. The van der Waals surface area contributed by atoms with Crippen LogP contribution in [0.3, 0.4) is 0 Å². The van der Waals surface area contributed by atoms with Gasteiger partial charge in [-0.05, 0) is 29.9 Å². The fourth-order valence-corrected chi connectivity index (χ4v) is 3.31. The molecule has 1 heterocycles. The van der Waals surface area contributed by atoms with Crippen molar-refractivity contribution in [3.05, 3.63) is 71.8 Å². The predicted octanol–water partition coefficient (Wildman–Crippen LogP) is 3.17. The Morgan fingerprint density at radius 3 is 2.43 bits per heavy atom. The summed E-state index contributed by atoms with van der Waals surface area (Å²) in [6.45, 7) is 1.72. The van der Waals surface area contributed by atoms with Gasteiger partial charge in [0.05, 0.1) is 0 Å². The normalized spacial score (nSPS) is 18.8. The van der Waals surface area contributed by atoms with Crippen molar-refractivity contribution in [1.29, 1.82) is 0 Å². The molecule has 120 valence electrons. The molecule has 3 rings (SSSR count). The van der Waals surface area contributed by atoms with Crippen molar-refractivity contribution in [3.8, 4) is 0 Å². The first-order valence-corrected chi connectivity index (χ1v) is 8.34. The van der Waals surface area contributed by atoms with E-state index in [1.54, 1.807) is 0 Å².